The fourth-order valence-corrected chi connectivity index (χ4v) is 2.33. The molecule has 0 saturated carbocycles. The molecule has 0 fully saturated rings. The van der Waals surface area contributed by atoms with Gasteiger partial charge < -0.3 is 14.9 Å². The number of aromatic hydroxyl groups is 1. The highest BCUT2D eigenvalue weighted by atomic mass is 16.5. The Bertz CT molecular complexity index is 746. The number of aromatic carboxylic acids is 1. The zero-order valence-corrected chi connectivity index (χ0v) is 12.8. The van der Waals surface area contributed by atoms with Gasteiger partial charge in [0.25, 0.3) is 0 Å². The monoisotopic (exact) mass is 310 g/mol. The van der Waals surface area contributed by atoms with E-state index in [9.17, 15) is 15.0 Å². The summed E-state index contributed by atoms with van der Waals surface area (Å²) in [7, 11) is 1.48. The van der Waals surface area contributed by atoms with Crippen LogP contribution >= 0.6 is 0 Å². The fraction of sp³-hybridized carbons (Fsp3) is 0.105. The third-order valence-electron chi connectivity index (χ3n) is 3.43. The predicted octanol–water partition coefficient (Wildman–Crippen LogP) is 4.00. The molecule has 0 saturated heterocycles. The summed E-state index contributed by atoms with van der Waals surface area (Å²) in [5.74, 6) is -1.05. The summed E-state index contributed by atoms with van der Waals surface area (Å²) < 4.78 is 5.27. The summed E-state index contributed by atoms with van der Waals surface area (Å²) >= 11 is 0. The Morgan fingerprint density at radius 3 is 2.52 bits per heavy atom. The molecule has 2 aromatic carbocycles. The van der Waals surface area contributed by atoms with Crippen molar-refractivity contribution >= 4 is 18.1 Å². The molecule has 4 nitrogen and oxygen atoms in total. The van der Waals surface area contributed by atoms with Gasteiger partial charge in [0, 0.05) is 5.56 Å². The van der Waals surface area contributed by atoms with E-state index in [1.807, 2.05) is 30.3 Å². The molecular weight excluding hydrogens is 292 g/mol. The number of hydrogen-bond donors (Lipinski definition) is 2. The lowest BCUT2D eigenvalue weighted by Gasteiger charge is -2.14. The molecule has 2 rings (SSSR count). The molecule has 2 aromatic rings. The molecule has 0 aromatic heterocycles. The van der Waals surface area contributed by atoms with Crippen molar-refractivity contribution in [3.8, 4) is 11.5 Å². The van der Waals surface area contributed by atoms with E-state index in [2.05, 4.69) is 6.58 Å². The van der Waals surface area contributed by atoms with Crippen molar-refractivity contribution in [2.45, 2.75) is 6.42 Å². The van der Waals surface area contributed by atoms with Crippen LogP contribution in [0.5, 0.6) is 11.5 Å². The zero-order valence-electron chi connectivity index (χ0n) is 12.8. The molecule has 0 amide bonds. The summed E-state index contributed by atoms with van der Waals surface area (Å²) in [6, 6.07) is 11.1. The van der Waals surface area contributed by atoms with E-state index >= 15 is 0 Å². The normalized spacial score (nSPS) is 10.7. The number of carboxylic acid groups (broad SMARTS) is 1. The Morgan fingerprint density at radius 2 is 1.96 bits per heavy atom. The van der Waals surface area contributed by atoms with Gasteiger partial charge in [-0.15, -0.1) is 6.58 Å². The molecule has 0 spiro atoms. The van der Waals surface area contributed by atoms with Crippen LogP contribution in [0.2, 0.25) is 0 Å². The second-order valence-corrected chi connectivity index (χ2v) is 4.91. The van der Waals surface area contributed by atoms with Crippen molar-refractivity contribution in [1.29, 1.82) is 0 Å². The summed E-state index contributed by atoms with van der Waals surface area (Å²) in [6.07, 6.45) is 5.34. The van der Waals surface area contributed by atoms with Gasteiger partial charge in [-0.3, -0.25) is 0 Å². The molecule has 0 atom stereocenters. The average Bonchev–Trinajstić information content (AvgIpc) is 2.55. The summed E-state index contributed by atoms with van der Waals surface area (Å²) in [6.45, 7) is 3.62. The molecule has 4 heteroatoms. The molecule has 0 heterocycles. The van der Waals surface area contributed by atoms with Gasteiger partial charge >= 0.3 is 5.97 Å². The van der Waals surface area contributed by atoms with Crippen LogP contribution in [0, 0.1) is 0 Å². The lowest BCUT2D eigenvalue weighted by Crippen LogP contribution is -2.04. The molecule has 0 aliphatic rings. The second-order valence-electron chi connectivity index (χ2n) is 4.91. The number of ether oxygens (including phenoxy) is 1. The first kappa shape index (κ1) is 16.4. The fourth-order valence-electron chi connectivity index (χ4n) is 2.33. The molecule has 118 valence electrons. The Hall–Kier alpha value is -3.01. The minimum absolute atomic E-state index is 0.144. The first-order valence-electron chi connectivity index (χ1n) is 7.08. The van der Waals surface area contributed by atoms with Crippen molar-refractivity contribution in [2.24, 2.45) is 0 Å². The Labute approximate surface area is 135 Å². The van der Waals surface area contributed by atoms with E-state index in [-0.39, 0.29) is 11.3 Å². The highest BCUT2D eigenvalue weighted by molar-refractivity contribution is 5.97. The standard InChI is InChI=1S/C19H18O4/c1-3-7-15-16(23-2)12-14(17(18(15)20)19(21)22)11-10-13-8-5-4-6-9-13/h3-6,8-12,20H,1,7H2,2H3,(H,21,22)/b11-10+. The third-order valence-corrected chi connectivity index (χ3v) is 3.43. The molecule has 23 heavy (non-hydrogen) atoms. The minimum atomic E-state index is -1.19. The molecular formula is C19H18O4. The summed E-state index contributed by atoms with van der Waals surface area (Å²) in [4.78, 5) is 11.5. The largest absolute Gasteiger partial charge is 0.507 e. The number of allylic oxidation sites excluding steroid dienone is 1. The van der Waals surface area contributed by atoms with Crippen molar-refractivity contribution in [1.82, 2.24) is 0 Å². The van der Waals surface area contributed by atoms with Crippen molar-refractivity contribution in [2.75, 3.05) is 7.11 Å². The molecule has 0 aliphatic carbocycles. The van der Waals surface area contributed by atoms with E-state index < -0.39 is 5.97 Å². The average molecular weight is 310 g/mol. The molecule has 0 radical (unpaired) electrons. The van der Waals surface area contributed by atoms with Gasteiger partial charge in [0.2, 0.25) is 0 Å². The maximum atomic E-state index is 11.5. The van der Waals surface area contributed by atoms with Crippen LogP contribution in [-0.4, -0.2) is 23.3 Å². The predicted molar refractivity (Wildman–Crippen MR) is 90.9 cm³/mol. The molecule has 2 N–H and O–H groups in total. The topological polar surface area (TPSA) is 66.8 Å². The van der Waals surface area contributed by atoms with Crippen LogP contribution in [0.4, 0.5) is 0 Å². The van der Waals surface area contributed by atoms with Crippen molar-refractivity contribution in [3.63, 3.8) is 0 Å². The third kappa shape index (κ3) is 3.61. The minimum Gasteiger partial charge on any atom is -0.507 e. The smallest absolute Gasteiger partial charge is 0.340 e. The number of hydrogen-bond acceptors (Lipinski definition) is 3. The van der Waals surface area contributed by atoms with E-state index in [1.54, 1.807) is 24.3 Å². The van der Waals surface area contributed by atoms with Crippen LogP contribution in [0.15, 0.2) is 49.1 Å². The highest BCUT2D eigenvalue weighted by Crippen LogP contribution is 2.36. The Morgan fingerprint density at radius 1 is 1.26 bits per heavy atom. The van der Waals surface area contributed by atoms with Crippen LogP contribution in [0.3, 0.4) is 0 Å². The number of methoxy groups -OCH3 is 1. The Kier molecular flexibility index (Phi) is 5.20. The number of rotatable bonds is 6. The van der Waals surface area contributed by atoms with E-state index in [0.29, 0.717) is 23.3 Å². The van der Waals surface area contributed by atoms with E-state index in [1.165, 1.54) is 7.11 Å². The van der Waals surface area contributed by atoms with Crippen molar-refractivity contribution in [3.05, 3.63) is 71.3 Å². The van der Waals surface area contributed by atoms with Gasteiger partial charge in [-0.1, -0.05) is 48.6 Å². The Balaban J connectivity index is 2.58. The summed E-state index contributed by atoms with van der Waals surface area (Å²) in [5, 5.41) is 19.8. The quantitative estimate of drug-likeness (QED) is 0.625. The lowest BCUT2D eigenvalue weighted by molar-refractivity contribution is 0.0693. The van der Waals surface area contributed by atoms with Crippen LogP contribution in [-0.2, 0) is 6.42 Å². The van der Waals surface area contributed by atoms with Crippen molar-refractivity contribution < 1.29 is 19.7 Å². The number of benzene rings is 2. The molecule has 0 bridgehead atoms. The maximum Gasteiger partial charge on any atom is 0.340 e. The van der Waals surface area contributed by atoms with Gasteiger partial charge in [0.15, 0.2) is 0 Å². The number of carbonyl (C=O) groups is 1. The maximum absolute atomic E-state index is 11.5. The SMILES string of the molecule is C=CCc1c(OC)cc(/C=C/c2ccccc2)c(C(=O)O)c1O. The first-order valence-corrected chi connectivity index (χ1v) is 7.08. The number of phenols is 1. The van der Waals surface area contributed by atoms with Gasteiger partial charge in [-0.05, 0) is 23.6 Å². The van der Waals surface area contributed by atoms with Crippen LogP contribution in [0.25, 0.3) is 12.2 Å². The number of carboxylic acids is 1. The van der Waals surface area contributed by atoms with E-state index in [0.717, 1.165) is 5.56 Å². The molecule has 0 unspecified atom stereocenters. The van der Waals surface area contributed by atoms with Crippen LogP contribution < -0.4 is 4.74 Å². The van der Waals surface area contributed by atoms with Gasteiger partial charge in [0.05, 0.1) is 7.11 Å². The first-order chi connectivity index (χ1) is 11.1. The van der Waals surface area contributed by atoms with Gasteiger partial charge in [0.1, 0.15) is 17.1 Å². The van der Waals surface area contributed by atoms with Gasteiger partial charge in [-0.25, -0.2) is 4.79 Å². The molecule has 0 aliphatic heterocycles. The highest BCUT2D eigenvalue weighted by Gasteiger charge is 2.21. The van der Waals surface area contributed by atoms with E-state index in [4.69, 9.17) is 4.74 Å². The van der Waals surface area contributed by atoms with Gasteiger partial charge in [-0.2, -0.15) is 0 Å². The second kappa shape index (κ2) is 7.31. The lowest BCUT2D eigenvalue weighted by atomic mass is 9.98. The zero-order chi connectivity index (χ0) is 16.8. The summed E-state index contributed by atoms with van der Waals surface area (Å²) in [5.41, 5.74) is 1.58. The van der Waals surface area contributed by atoms with Crippen LogP contribution in [0.1, 0.15) is 27.0 Å².